The Labute approximate surface area is 207 Å². The third-order valence-corrected chi connectivity index (χ3v) is 7.37. The van der Waals surface area contributed by atoms with Crippen molar-refractivity contribution < 1.29 is 38.3 Å². The molecule has 8 nitrogen and oxygen atoms in total. The minimum absolute atomic E-state index is 0.0962. The molecule has 0 saturated carbocycles. The van der Waals surface area contributed by atoms with E-state index in [1.807, 2.05) is 12.1 Å². The van der Waals surface area contributed by atoms with Crippen molar-refractivity contribution in [1.29, 1.82) is 0 Å². The number of halogens is 1. The molecule has 2 heterocycles. The predicted octanol–water partition coefficient (Wildman–Crippen LogP) is 4.16. The number of rotatable bonds is 5. The average molecular weight is 496 g/mol. The molecule has 0 amide bonds. The summed E-state index contributed by atoms with van der Waals surface area (Å²) >= 11 is 0. The molecule has 0 radical (unpaired) electrons. The summed E-state index contributed by atoms with van der Waals surface area (Å²) < 4.78 is 41.6. The van der Waals surface area contributed by atoms with E-state index < -0.39 is 6.29 Å². The fraction of sp³-hybridized carbons (Fsp3) is 0.333. The van der Waals surface area contributed by atoms with Gasteiger partial charge in [0.05, 0.1) is 26.9 Å². The van der Waals surface area contributed by atoms with E-state index in [2.05, 4.69) is 5.32 Å². The second-order valence-electron chi connectivity index (χ2n) is 9.18. The summed E-state index contributed by atoms with van der Waals surface area (Å²) in [5.74, 6) is 0.573. The van der Waals surface area contributed by atoms with Crippen molar-refractivity contribution in [2.75, 3.05) is 32.9 Å². The van der Waals surface area contributed by atoms with E-state index in [1.165, 1.54) is 26.4 Å². The lowest BCUT2D eigenvalue weighted by Crippen LogP contribution is -2.39. The first-order valence-electron chi connectivity index (χ1n) is 11.7. The van der Waals surface area contributed by atoms with Gasteiger partial charge in [-0.25, -0.2) is 4.39 Å². The first-order chi connectivity index (χ1) is 17.5. The topological polar surface area (TPSA) is 98.6 Å². The lowest BCUT2D eigenvalue weighted by atomic mass is 9.65. The fourth-order valence-corrected chi connectivity index (χ4v) is 5.73. The molecular formula is C27H26FNO7. The van der Waals surface area contributed by atoms with Gasteiger partial charge in [0.25, 0.3) is 0 Å². The van der Waals surface area contributed by atoms with E-state index in [4.69, 9.17) is 23.7 Å². The number of hydrogen-bond acceptors (Lipinski definition) is 8. The Kier molecular flexibility index (Phi) is 5.54. The van der Waals surface area contributed by atoms with Gasteiger partial charge in [-0.15, -0.1) is 0 Å². The van der Waals surface area contributed by atoms with Crippen molar-refractivity contribution >= 4 is 5.69 Å². The van der Waals surface area contributed by atoms with Gasteiger partial charge in [-0.1, -0.05) is 0 Å². The van der Waals surface area contributed by atoms with Gasteiger partial charge in [-0.2, -0.15) is 0 Å². The van der Waals surface area contributed by atoms with Crippen molar-refractivity contribution in [3.8, 4) is 28.7 Å². The van der Waals surface area contributed by atoms with Gasteiger partial charge in [0.2, 0.25) is 12.5 Å². The summed E-state index contributed by atoms with van der Waals surface area (Å²) in [7, 11) is 2.95. The van der Waals surface area contributed by atoms with Gasteiger partial charge < -0.3 is 39.2 Å². The third-order valence-electron chi connectivity index (χ3n) is 7.37. The van der Waals surface area contributed by atoms with E-state index >= 15 is 0 Å². The number of fused-ring (bicyclic) bond motifs is 3. The highest BCUT2D eigenvalue weighted by atomic mass is 19.1. The van der Waals surface area contributed by atoms with Crippen LogP contribution >= 0.6 is 0 Å². The number of aliphatic hydroxyl groups excluding tert-OH is 1. The zero-order chi connectivity index (χ0) is 25.0. The van der Waals surface area contributed by atoms with Crippen molar-refractivity contribution in [1.82, 2.24) is 0 Å². The Morgan fingerprint density at radius 2 is 1.58 bits per heavy atom. The molecule has 36 heavy (non-hydrogen) atoms. The SMILES string of the molecule is COc1cc(C2c3cc4c(cc3[C@@H](Nc3ccc(F)cc3)C3CO[C@@H](O)[C@H]23)OCO4)cc(OC)c1O. The maximum absolute atomic E-state index is 13.6. The van der Waals surface area contributed by atoms with Crippen LogP contribution in [0.5, 0.6) is 28.7 Å². The molecule has 1 aliphatic carbocycles. The van der Waals surface area contributed by atoms with Crippen molar-refractivity contribution in [3.05, 3.63) is 71.0 Å². The molecule has 5 atom stereocenters. The molecule has 3 aliphatic rings. The number of anilines is 1. The summed E-state index contributed by atoms with van der Waals surface area (Å²) in [5, 5.41) is 25.1. The van der Waals surface area contributed by atoms with Crippen molar-refractivity contribution in [2.24, 2.45) is 11.8 Å². The Balaban J connectivity index is 1.54. The van der Waals surface area contributed by atoms with E-state index in [0.717, 1.165) is 22.4 Å². The number of ether oxygens (including phenoxy) is 5. The number of phenols is 1. The zero-order valence-electron chi connectivity index (χ0n) is 19.7. The maximum atomic E-state index is 13.6. The van der Waals surface area contributed by atoms with Crippen LogP contribution in [0.1, 0.15) is 28.7 Å². The van der Waals surface area contributed by atoms with E-state index in [-0.39, 0.29) is 53.7 Å². The molecule has 3 aromatic carbocycles. The molecule has 9 heteroatoms. The van der Waals surface area contributed by atoms with Gasteiger partial charge in [0, 0.05) is 23.4 Å². The Hall–Kier alpha value is -3.69. The lowest BCUT2D eigenvalue weighted by Gasteiger charge is -2.42. The van der Waals surface area contributed by atoms with Crippen molar-refractivity contribution in [3.63, 3.8) is 0 Å². The molecule has 188 valence electrons. The fourth-order valence-electron chi connectivity index (χ4n) is 5.73. The number of aromatic hydroxyl groups is 1. The summed E-state index contributed by atoms with van der Waals surface area (Å²) in [6.45, 7) is 0.444. The molecule has 2 aliphatic heterocycles. The molecule has 0 spiro atoms. The Morgan fingerprint density at radius 3 is 2.22 bits per heavy atom. The average Bonchev–Trinajstić information content (AvgIpc) is 3.51. The molecule has 3 N–H and O–H groups in total. The van der Waals surface area contributed by atoms with E-state index in [1.54, 1.807) is 24.3 Å². The normalized spacial score (nSPS) is 25.7. The Morgan fingerprint density at radius 1 is 0.944 bits per heavy atom. The van der Waals surface area contributed by atoms with Crippen LogP contribution in [0.25, 0.3) is 0 Å². The number of aliphatic hydroxyl groups is 1. The highest BCUT2D eigenvalue weighted by Gasteiger charge is 2.51. The summed E-state index contributed by atoms with van der Waals surface area (Å²) in [4.78, 5) is 0. The number of hydrogen-bond donors (Lipinski definition) is 3. The van der Waals surface area contributed by atoms with Gasteiger partial charge in [-0.05, 0) is 65.2 Å². The van der Waals surface area contributed by atoms with Gasteiger partial charge >= 0.3 is 0 Å². The van der Waals surface area contributed by atoms with Crippen LogP contribution in [0.3, 0.4) is 0 Å². The zero-order valence-corrected chi connectivity index (χ0v) is 19.7. The molecule has 3 aromatic rings. The molecule has 0 aromatic heterocycles. The van der Waals surface area contributed by atoms with Crippen LogP contribution < -0.4 is 24.3 Å². The molecule has 1 saturated heterocycles. The number of benzene rings is 3. The second-order valence-corrected chi connectivity index (χ2v) is 9.18. The van der Waals surface area contributed by atoms with Crippen LogP contribution in [0.15, 0.2) is 48.5 Å². The quantitative estimate of drug-likeness (QED) is 0.486. The van der Waals surface area contributed by atoms with Crippen LogP contribution in [0.4, 0.5) is 10.1 Å². The van der Waals surface area contributed by atoms with E-state index in [0.29, 0.717) is 18.1 Å². The van der Waals surface area contributed by atoms with Gasteiger partial charge in [0.1, 0.15) is 5.82 Å². The highest BCUT2D eigenvalue weighted by molar-refractivity contribution is 5.60. The summed E-state index contributed by atoms with van der Waals surface area (Å²) in [5.41, 5.74) is 3.41. The minimum Gasteiger partial charge on any atom is -0.502 e. The maximum Gasteiger partial charge on any atom is 0.231 e. The first-order valence-corrected chi connectivity index (χ1v) is 11.7. The van der Waals surface area contributed by atoms with Crippen LogP contribution in [0, 0.1) is 17.7 Å². The predicted molar refractivity (Wildman–Crippen MR) is 127 cm³/mol. The van der Waals surface area contributed by atoms with Gasteiger partial charge in [-0.3, -0.25) is 0 Å². The van der Waals surface area contributed by atoms with Crippen LogP contribution in [-0.4, -0.2) is 44.1 Å². The molecule has 1 fully saturated rings. The Bertz CT molecular complexity index is 1270. The lowest BCUT2D eigenvalue weighted by molar-refractivity contribution is -0.0854. The summed E-state index contributed by atoms with van der Waals surface area (Å²) in [6, 6.07) is 13.3. The van der Waals surface area contributed by atoms with Crippen LogP contribution in [0.2, 0.25) is 0 Å². The van der Waals surface area contributed by atoms with Gasteiger partial charge in [0.15, 0.2) is 29.3 Å². The number of nitrogens with one attached hydrogen (secondary N) is 1. The van der Waals surface area contributed by atoms with Crippen LogP contribution in [-0.2, 0) is 4.74 Å². The highest BCUT2D eigenvalue weighted by Crippen LogP contribution is 2.57. The van der Waals surface area contributed by atoms with Crippen molar-refractivity contribution in [2.45, 2.75) is 18.2 Å². The number of methoxy groups -OCH3 is 2. The first kappa shape index (κ1) is 22.8. The minimum atomic E-state index is -1.03. The second kappa shape index (κ2) is 8.76. The smallest absolute Gasteiger partial charge is 0.231 e. The molecule has 0 bridgehead atoms. The molecule has 2 unspecified atom stereocenters. The largest absolute Gasteiger partial charge is 0.502 e. The standard InChI is InChI=1S/C27H26FNO7/c1-32-21-7-13(8-22(33-2)26(21)30)23-16-9-19-20(36-12-35-19)10-17(16)25(18-11-34-27(31)24(18)23)29-15-5-3-14(28)4-6-15/h3-10,18,23-25,27,29-31H,11-12H2,1-2H3/t18?,23?,24-,25+,27+/m0/s1. The monoisotopic (exact) mass is 495 g/mol. The number of phenolic OH excluding ortho intramolecular Hbond substituents is 1. The molecular weight excluding hydrogens is 469 g/mol. The van der Waals surface area contributed by atoms with E-state index in [9.17, 15) is 14.6 Å². The summed E-state index contributed by atoms with van der Waals surface area (Å²) in [6.07, 6.45) is -1.03. The third kappa shape index (κ3) is 3.58. The molecule has 6 rings (SSSR count).